The van der Waals surface area contributed by atoms with Crippen LogP contribution < -0.4 is 34.4 Å². The molecule has 0 aliphatic carbocycles. The molecule has 8 nitrogen and oxygen atoms in total. The van der Waals surface area contributed by atoms with Gasteiger partial charge in [0.25, 0.3) is 0 Å². The monoisotopic (exact) mass is 192 g/mol. The second-order valence-electron chi connectivity index (χ2n) is 2.12. The Morgan fingerprint density at radius 1 is 1.08 bits per heavy atom. The summed E-state index contributed by atoms with van der Waals surface area (Å²) in [6, 6.07) is 0.162. The fourth-order valence-corrected chi connectivity index (χ4v) is 0. The van der Waals surface area contributed by atoms with Crippen LogP contribution in [0, 0.1) is 10.8 Å². The van der Waals surface area contributed by atoms with Gasteiger partial charge < -0.3 is 34.4 Å². The summed E-state index contributed by atoms with van der Waals surface area (Å²) in [5, 5.41) is 12.1. The number of hydrogen-bond donors (Lipinski definition) is 8. The van der Waals surface area contributed by atoms with Gasteiger partial charge >= 0.3 is 0 Å². The summed E-state index contributed by atoms with van der Waals surface area (Å²) in [6.07, 6.45) is 0. The summed E-state index contributed by atoms with van der Waals surface area (Å²) in [5.74, 6) is -0.667. The van der Waals surface area contributed by atoms with Crippen LogP contribution in [0.1, 0.15) is 6.92 Å². The van der Waals surface area contributed by atoms with E-state index in [0.29, 0.717) is 6.54 Å². The second-order valence-corrected chi connectivity index (χ2v) is 2.12. The zero-order chi connectivity index (χ0) is 11.4. The van der Waals surface area contributed by atoms with E-state index in [1.165, 1.54) is 0 Å². The van der Waals surface area contributed by atoms with Crippen LogP contribution in [0.3, 0.4) is 0 Å². The molecule has 14 N–H and O–H groups in total. The first kappa shape index (κ1) is 17.5. The zero-order valence-corrected chi connectivity index (χ0v) is 7.75. The number of hydrogen-bond acceptors (Lipinski definition) is 4. The summed E-state index contributed by atoms with van der Waals surface area (Å²) < 4.78 is 0. The Morgan fingerprint density at radius 2 is 1.15 bits per heavy atom. The lowest BCUT2D eigenvalue weighted by Crippen LogP contribution is -2.25. The molecule has 0 radical (unpaired) electrons. The minimum Gasteiger partial charge on any atom is -0.370 e. The van der Waals surface area contributed by atoms with Crippen molar-refractivity contribution in [1.29, 1.82) is 10.8 Å². The van der Waals surface area contributed by atoms with E-state index in [9.17, 15) is 0 Å². The van der Waals surface area contributed by atoms with Crippen LogP contribution in [0.2, 0.25) is 0 Å². The molecule has 0 aliphatic rings. The molecule has 0 aromatic carbocycles. The number of nitrogens with two attached hydrogens (primary N) is 6. The fourth-order valence-electron chi connectivity index (χ4n) is 0. The Bertz CT molecular complexity index is 110. The molecule has 0 fully saturated rings. The molecule has 1 unspecified atom stereocenters. The van der Waals surface area contributed by atoms with Gasteiger partial charge in [0.05, 0.1) is 0 Å². The Hall–Kier alpha value is -1.54. The highest BCUT2D eigenvalue weighted by molar-refractivity contribution is 5.72. The van der Waals surface area contributed by atoms with Gasteiger partial charge in [-0.15, -0.1) is 0 Å². The van der Waals surface area contributed by atoms with Crippen molar-refractivity contribution >= 4 is 11.9 Å². The lowest BCUT2D eigenvalue weighted by Gasteiger charge is -1.92. The summed E-state index contributed by atoms with van der Waals surface area (Å²) in [6.45, 7) is 2.46. The van der Waals surface area contributed by atoms with Crippen molar-refractivity contribution in [3.05, 3.63) is 0 Å². The van der Waals surface area contributed by atoms with Gasteiger partial charge in [0, 0.05) is 12.6 Å². The van der Waals surface area contributed by atoms with Crippen LogP contribution in [-0.4, -0.2) is 24.5 Å². The molecular formula is C5H20N8. The van der Waals surface area contributed by atoms with Gasteiger partial charge in [0.1, 0.15) is 0 Å². The van der Waals surface area contributed by atoms with Crippen molar-refractivity contribution < 1.29 is 0 Å². The molecule has 80 valence electrons. The van der Waals surface area contributed by atoms with Crippen LogP contribution >= 0.6 is 0 Å². The first-order valence-corrected chi connectivity index (χ1v) is 3.38. The van der Waals surface area contributed by atoms with Crippen LogP contribution in [0.5, 0.6) is 0 Å². The summed E-state index contributed by atoms with van der Waals surface area (Å²) in [7, 11) is 0. The van der Waals surface area contributed by atoms with E-state index in [4.69, 9.17) is 22.3 Å². The van der Waals surface area contributed by atoms with Gasteiger partial charge in [0.15, 0.2) is 11.9 Å². The summed E-state index contributed by atoms with van der Waals surface area (Å²) in [4.78, 5) is 0. The third kappa shape index (κ3) is 3540. The van der Waals surface area contributed by atoms with Gasteiger partial charge in [-0.05, 0) is 6.92 Å². The predicted octanol–water partition coefficient (Wildman–Crippen LogP) is -3.03. The topological polar surface area (TPSA) is 204 Å². The summed E-state index contributed by atoms with van der Waals surface area (Å²) >= 11 is 0. The van der Waals surface area contributed by atoms with E-state index in [2.05, 4.69) is 22.9 Å². The highest BCUT2D eigenvalue weighted by Gasteiger charge is 1.79. The second kappa shape index (κ2) is 13.1. The molecule has 1 atom stereocenters. The van der Waals surface area contributed by atoms with E-state index < -0.39 is 0 Å². The molecule has 0 saturated heterocycles. The first-order chi connectivity index (χ1) is 5.73. The van der Waals surface area contributed by atoms with E-state index in [0.717, 1.165) is 0 Å². The van der Waals surface area contributed by atoms with E-state index >= 15 is 0 Å². The number of guanidine groups is 2. The molecule has 0 rings (SSSR count). The highest BCUT2D eigenvalue weighted by Crippen LogP contribution is 1.59. The lowest BCUT2D eigenvalue weighted by molar-refractivity contribution is 0.752. The number of rotatable bonds is 1. The molecule has 0 aromatic heterocycles. The van der Waals surface area contributed by atoms with Crippen LogP contribution in [0.4, 0.5) is 0 Å². The normalized spacial score (nSPS) is 9.46. The van der Waals surface area contributed by atoms with Crippen LogP contribution in [0.25, 0.3) is 0 Å². The summed E-state index contributed by atoms with van der Waals surface area (Å²) in [5.41, 5.74) is 28.1. The average Bonchev–Trinajstić information content (AvgIpc) is 1.84. The SMILES string of the molecule is CC(N)CN.N=C(N)N.N=C(N)N. The Balaban J connectivity index is -0.000000117. The minimum absolute atomic E-state index is 0.162. The van der Waals surface area contributed by atoms with Crippen molar-refractivity contribution in [1.82, 2.24) is 0 Å². The van der Waals surface area contributed by atoms with Crippen molar-refractivity contribution in [3.63, 3.8) is 0 Å². The molecule has 8 heteroatoms. The molecular weight excluding hydrogens is 172 g/mol. The third-order valence-corrected chi connectivity index (χ3v) is 0.372. The first-order valence-electron chi connectivity index (χ1n) is 3.38. The maximum atomic E-state index is 6.06. The molecule has 0 amide bonds. The zero-order valence-electron chi connectivity index (χ0n) is 7.75. The third-order valence-electron chi connectivity index (χ3n) is 0.372. The van der Waals surface area contributed by atoms with Gasteiger partial charge in [-0.2, -0.15) is 0 Å². The number of nitrogens with one attached hydrogen (secondary N) is 2. The lowest BCUT2D eigenvalue weighted by atomic mass is 10.4. The maximum Gasteiger partial charge on any atom is 0.183 e. The predicted molar refractivity (Wildman–Crippen MR) is 54.9 cm³/mol. The van der Waals surface area contributed by atoms with Crippen molar-refractivity contribution in [2.75, 3.05) is 6.54 Å². The van der Waals surface area contributed by atoms with E-state index in [1.54, 1.807) is 0 Å². The molecule has 0 saturated carbocycles. The largest absolute Gasteiger partial charge is 0.370 e. The van der Waals surface area contributed by atoms with Crippen molar-refractivity contribution in [3.8, 4) is 0 Å². The van der Waals surface area contributed by atoms with Crippen molar-refractivity contribution in [2.45, 2.75) is 13.0 Å². The van der Waals surface area contributed by atoms with Crippen molar-refractivity contribution in [2.24, 2.45) is 34.4 Å². The molecule has 0 heterocycles. The van der Waals surface area contributed by atoms with Gasteiger partial charge in [-0.3, -0.25) is 10.8 Å². The molecule has 13 heavy (non-hydrogen) atoms. The minimum atomic E-state index is -0.333. The molecule has 0 aliphatic heterocycles. The Kier molecular flexibility index (Phi) is 17.6. The fraction of sp³-hybridized carbons (Fsp3) is 0.600. The van der Waals surface area contributed by atoms with Gasteiger partial charge in [-0.25, -0.2) is 0 Å². The Labute approximate surface area is 77.6 Å². The van der Waals surface area contributed by atoms with Crippen LogP contribution in [-0.2, 0) is 0 Å². The van der Waals surface area contributed by atoms with Crippen LogP contribution in [0.15, 0.2) is 0 Å². The maximum absolute atomic E-state index is 6.06. The molecule has 0 aromatic rings. The quantitative estimate of drug-likeness (QED) is 0.160. The molecule has 0 spiro atoms. The average molecular weight is 192 g/mol. The Morgan fingerprint density at radius 3 is 1.15 bits per heavy atom. The van der Waals surface area contributed by atoms with Gasteiger partial charge in [-0.1, -0.05) is 0 Å². The molecule has 0 bridgehead atoms. The van der Waals surface area contributed by atoms with E-state index in [-0.39, 0.29) is 18.0 Å². The standard InChI is InChI=1S/C3H10N2.2CH5N3/c1-3(5)2-4;2*2-1(3)4/h3H,2,4-5H2,1H3;2*(H5,2,3,4). The smallest absolute Gasteiger partial charge is 0.183 e. The van der Waals surface area contributed by atoms with E-state index in [1.807, 2.05) is 6.92 Å². The highest BCUT2D eigenvalue weighted by atomic mass is 14.9. The van der Waals surface area contributed by atoms with Gasteiger partial charge in [0.2, 0.25) is 0 Å².